The summed E-state index contributed by atoms with van der Waals surface area (Å²) in [5.41, 5.74) is 0.318. The second-order valence-corrected chi connectivity index (χ2v) is 4.69. The van der Waals surface area contributed by atoms with Crippen molar-refractivity contribution in [2.45, 2.75) is 6.42 Å². The van der Waals surface area contributed by atoms with Crippen molar-refractivity contribution in [1.29, 1.82) is 0 Å². The lowest BCUT2D eigenvalue weighted by Crippen LogP contribution is -2.40. The van der Waals surface area contributed by atoms with Gasteiger partial charge in [0.1, 0.15) is 33.7 Å². The molecule has 3 rings (SSSR count). The van der Waals surface area contributed by atoms with Crippen LogP contribution in [0.2, 0.25) is 0 Å². The van der Waals surface area contributed by atoms with E-state index in [1.807, 2.05) is 0 Å². The van der Waals surface area contributed by atoms with Crippen molar-refractivity contribution in [2.24, 2.45) is 0 Å². The number of hydrogen-bond acceptors (Lipinski definition) is 5. The van der Waals surface area contributed by atoms with E-state index in [0.29, 0.717) is 5.56 Å². The largest absolute Gasteiger partial charge is 0.511 e. The summed E-state index contributed by atoms with van der Waals surface area (Å²) in [5.74, 6) is 0.175. The molecule has 5 heteroatoms. The number of aliphatic hydroxyl groups is 2. The molecule has 0 saturated heterocycles. The molecule has 5 nitrogen and oxygen atoms in total. The van der Waals surface area contributed by atoms with Crippen molar-refractivity contribution in [1.82, 2.24) is 0 Å². The molecule has 1 aliphatic carbocycles. The van der Waals surface area contributed by atoms with Crippen LogP contribution in [0.5, 0.6) is 5.75 Å². The Bertz CT molecular complexity index is 901. The Balaban J connectivity index is 2.32. The minimum absolute atomic E-state index is 0.0535. The molecule has 0 radical (unpaired) electrons. The van der Waals surface area contributed by atoms with Crippen molar-refractivity contribution >= 4 is 11.8 Å². The molecule has 0 amide bonds. The molecule has 21 heavy (non-hydrogen) atoms. The number of benzene rings is 1. The van der Waals surface area contributed by atoms with Gasteiger partial charge in [-0.05, 0) is 30.3 Å². The molecule has 0 fully saturated rings. The zero-order valence-electron chi connectivity index (χ0n) is 10.9. The monoisotopic (exact) mass is 284 g/mol. The molecular formula is C16H12O5. The van der Waals surface area contributed by atoms with Gasteiger partial charge < -0.3 is 19.7 Å². The number of aromatic hydroxyl groups is 1. The van der Waals surface area contributed by atoms with E-state index < -0.39 is 5.43 Å². The van der Waals surface area contributed by atoms with E-state index in [9.17, 15) is 20.1 Å². The van der Waals surface area contributed by atoms with Crippen LogP contribution in [0.15, 0.2) is 51.4 Å². The number of fused-ring (bicyclic) bond motifs is 1. The maximum absolute atomic E-state index is 12.2. The number of rotatable bonds is 1. The van der Waals surface area contributed by atoms with Crippen LogP contribution in [0, 0.1) is 0 Å². The van der Waals surface area contributed by atoms with Gasteiger partial charge in [-0.2, -0.15) is 0 Å². The van der Waals surface area contributed by atoms with Crippen LogP contribution in [0.4, 0.5) is 0 Å². The molecular weight excluding hydrogens is 272 g/mol. The molecule has 1 aliphatic rings. The lowest BCUT2D eigenvalue weighted by molar-refractivity contribution is 0.435. The summed E-state index contributed by atoms with van der Waals surface area (Å²) in [6.07, 6.45) is 2.76. The van der Waals surface area contributed by atoms with E-state index in [-0.39, 0.29) is 40.1 Å². The normalized spacial score (nSPS) is 13.9. The molecule has 1 heterocycles. The Kier molecular flexibility index (Phi) is 3.02. The third-order valence-corrected chi connectivity index (χ3v) is 3.20. The van der Waals surface area contributed by atoms with Crippen LogP contribution in [0.25, 0.3) is 23.2 Å². The highest BCUT2D eigenvalue weighted by molar-refractivity contribution is 5.59. The summed E-state index contributed by atoms with van der Waals surface area (Å²) in [7, 11) is 0. The Morgan fingerprint density at radius 3 is 2.48 bits per heavy atom. The van der Waals surface area contributed by atoms with Gasteiger partial charge >= 0.3 is 0 Å². The van der Waals surface area contributed by atoms with E-state index in [1.165, 1.54) is 30.4 Å². The van der Waals surface area contributed by atoms with Crippen LogP contribution in [0.3, 0.4) is 0 Å². The second kappa shape index (κ2) is 4.86. The fourth-order valence-electron chi connectivity index (χ4n) is 2.16. The van der Waals surface area contributed by atoms with Gasteiger partial charge in [-0.3, -0.25) is 4.79 Å². The van der Waals surface area contributed by atoms with Gasteiger partial charge in [0.05, 0.1) is 0 Å². The second-order valence-electron chi connectivity index (χ2n) is 4.69. The summed E-state index contributed by atoms with van der Waals surface area (Å²) in [6, 6.07) is 7.45. The predicted molar refractivity (Wildman–Crippen MR) is 77.2 cm³/mol. The molecule has 0 bridgehead atoms. The molecule has 0 saturated carbocycles. The first-order valence-electron chi connectivity index (χ1n) is 6.31. The SMILES string of the molecule is O=c1cc(-c2ccc(O)cc2)oc2c1=C(O)CC=C(O)C=2. The average molecular weight is 284 g/mol. The van der Waals surface area contributed by atoms with Gasteiger partial charge in [0.2, 0.25) is 0 Å². The Morgan fingerprint density at radius 1 is 1.05 bits per heavy atom. The van der Waals surface area contributed by atoms with Gasteiger partial charge in [0, 0.05) is 24.1 Å². The van der Waals surface area contributed by atoms with Gasteiger partial charge in [0.15, 0.2) is 5.43 Å². The lowest BCUT2D eigenvalue weighted by atomic mass is 10.1. The van der Waals surface area contributed by atoms with Gasteiger partial charge in [-0.1, -0.05) is 0 Å². The number of phenols is 1. The fraction of sp³-hybridized carbons (Fsp3) is 0.0625. The van der Waals surface area contributed by atoms with E-state index in [4.69, 9.17) is 4.42 Å². The quantitative estimate of drug-likeness (QED) is 0.734. The third-order valence-electron chi connectivity index (χ3n) is 3.20. The zero-order valence-corrected chi connectivity index (χ0v) is 10.9. The molecule has 3 N–H and O–H groups in total. The molecule has 1 aromatic carbocycles. The van der Waals surface area contributed by atoms with Gasteiger partial charge in [0.25, 0.3) is 0 Å². The molecule has 1 aromatic heterocycles. The Labute approximate surface area is 119 Å². The highest BCUT2D eigenvalue weighted by Gasteiger charge is 2.10. The maximum Gasteiger partial charge on any atom is 0.196 e. The standard InChI is InChI=1S/C16H12O5/c17-10-3-1-9(2-4-10)14-8-13(20)16-12(19)6-5-11(18)7-15(16)21-14/h1-5,7-8,17-19H,6H2. The summed E-state index contributed by atoms with van der Waals surface area (Å²) in [4.78, 5) is 12.2. The minimum atomic E-state index is -0.392. The van der Waals surface area contributed by atoms with E-state index >= 15 is 0 Å². The topological polar surface area (TPSA) is 90.9 Å². The van der Waals surface area contributed by atoms with E-state index in [2.05, 4.69) is 0 Å². The van der Waals surface area contributed by atoms with Gasteiger partial charge in [-0.15, -0.1) is 0 Å². The minimum Gasteiger partial charge on any atom is -0.511 e. The summed E-state index contributed by atoms with van der Waals surface area (Å²) < 4.78 is 5.61. The van der Waals surface area contributed by atoms with E-state index in [1.54, 1.807) is 12.1 Å². The fourth-order valence-corrected chi connectivity index (χ4v) is 2.16. The Morgan fingerprint density at radius 2 is 1.76 bits per heavy atom. The highest BCUT2D eigenvalue weighted by atomic mass is 16.3. The van der Waals surface area contributed by atoms with Crippen LogP contribution < -0.4 is 16.1 Å². The number of allylic oxidation sites excluding steroid dienone is 1. The lowest BCUT2D eigenvalue weighted by Gasteiger charge is -2.02. The van der Waals surface area contributed by atoms with Gasteiger partial charge in [-0.25, -0.2) is 0 Å². The first kappa shape index (κ1) is 13.1. The summed E-state index contributed by atoms with van der Waals surface area (Å²) >= 11 is 0. The highest BCUT2D eigenvalue weighted by Crippen LogP contribution is 2.19. The van der Waals surface area contributed by atoms with Crippen LogP contribution in [-0.2, 0) is 0 Å². The molecule has 0 spiro atoms. The van der Waals surface area contributed by atoms with Crippen molar-refractivity contribution in [3.63, 3.8) is 0 Å². The molecule has 0 unspecified atom stereocenters. The smallest absolute Gasteiger partial charge is 0.196 e. The molecule has 0 aliphatic heterocycles. The molecule has 2 aromatic rings. The predicted octanol–water partition coefficient (Wildman–Crippen LogP) is 1.30. The number of phenolic OH excluding ortho intramolecular Hbond substituents is 1. The van der Waals surface area contributed by atoms with Crippen LogP contribution >= 0.6 is 0 Å². The van der Waals surface area contributed by atoms with Crippen LogP contribution in [-0.4, -0.2) is 15.3 Å². The maximum atomic E-state index is 12.2. The average Bonchev–Trinajstić information content (AvgIpc) is 2.59. The zero-order chi connectivity index (χ0) is 15.0. The number of hydrogen-bond donors (Lipinski definition) is 3. The van der Waals surface area contributed by atoms with Crippen molar-refractivity contribution < 1.29 is 19.7 Å². The van der Waals surface area contributed by atoms with E-state index in [0.717, 1.165) is 0 Å². The van der Waals surface area contributed by atoms with Crippen LogP contribution in [0.1, 0.15) is 6.42 Å². The Hall–Kier alpha value is -2.95. The summed E-state index contributed by atoms with van der Waals surface area (Å²) in [6.45, 7) is 0. The first-order chi connectivity index (χ1) is 10.0. The summed E-state index contributed by atoms with van der Waals surface area (Å²) in [5, 5.41) is 28.8. The number of aliphatic hydroxyl groups excluding tert-OH is 2. The third kappa shape index (κ3) is 2.41. The molecule has 106 valence electrons. The first-order valence-corrected chi connectivity index (χ1v) is 6.31. The van der Waals surface area contributed by atoms with Crippen molar-refractivity contribution in [3.8, 4) is 17.1 Å². The van der Waals surface area contributed by atoms with Crippen molar-refractivity contribution in [3.05, 3.63) is 63.0 Å². The van der Waals surface area contributed by atoms with Crippen molar-refractivity contribution in [2.75, 3.05) is 0 Å². The molecule has 0 atom stereocenters.